The van der Waals surface area contributed by atoms with Crippen molar-refractivity contribution >= 4 is 0 Å². The summed E-state index contributed by atoms with van der Waals surface area (Å²) in [4.78, 5) is 0. The van der Waals surface area contributed by atoms with Gasteiger partial charge in [0.25, 0.3) is 0 Å². The van der Waals surface area contributed by atoms with Crippen molar-refractivity contribution < 1.29 is 0 Å². The van der Waals surface area contributed by atoms with Crippen molar-refractivity contribution in [2.24, 2.45) is 0 Å². The van der Waals surface area contributed by atoms with E-state index >= 15 is 0 Å². The number of hydrogen-bond acceptors (Lipinski definition) is 6. The molecule has 16 heavy (non-hydrogen) atoms. The highest BCUT2D eigenvalue weighted by Crippen LogP contribution is 1.64. The second-order valence-electron chi connectivity index (χ2n) is 3.85. The molecule has 0 bridgehead atoms. The standard InChI is InChI=1S/C10H26N6/c1-2-12-4-6-14-8-10-16-15-9-7-13-5-3-11-1/h11-16H,1-10H2. The molecule has 0 aromatic heterocycles. The second kappa shape index (κ2) is 11.3. The van der Waals surface area contributed by atoms with Gasteiger partial charge in [0.15, 0.2) is 0 Å². The third-order valence-electron chi connectivity index (χ3n) is 2.41. The number of nitrogens with one attached hydrogen (secondary N) is 6. The molecular weight excluding hydrogens is 204 g/mol. The van der Waals surface area contributed by atoms with Crippen molar-refractivity contribution in [2.45, 2.75) is 0 Å². The van der Waals surface area contributed by atoms with E-state index < -0.39 is 0 Å². The van der Waals surface area contributed by atoms with Gasteiger partial charge in [-0.25, -0.2) is 0 Å². The van der Waals surface area contributed by atoms with E-state index in [-0.39, 0.29) is 0 Å². The molecule has 1 fully saturated rings. The van der Waals surface area contributed by atoms with Crippen molar-refractivity contribution in [3.05, 3.63) is 0 Å². The summed E-state index contributed by atoms with van der Waals surface area (Å²) >= 11 is 0. The van der Waals surface area contributed by atoms with Crippen LogP contribution in [0.1, 0.15) is 0 Å². The lowest BCUT2D eigenvalue weighted by molar-refractivity contribution is 0.488. The van der Waals surface area contributed by atoms with Gasteiger partial charge in [0.1, 0.15) is 0 Å². The first-order valence-electron chi connectivity index (χ1n) is 6.29. The first kappa shape index (κ1) is 13.8. The summed E-state index contributed by atoms with van der Waals surface area (Å²) in [6.07, 6.45) is 0. The Morgan fingerprint density at radius 1 is 0.312 bits per heavy atom. The Morgan fingerprint density at radius 3 is 0.875 bits per heavy atom. The van der Waals surface area contributed by atoms with Gasteiger partial charge in [0, 0.05) is 65.4 Å². The first-order chi connectivity index (χ1) is 8.00. The molecule has 6 N–H and O–H groups in total. The van der Waals surface area contributed by atoms with Crippen LogP contribution in [0.2, 0.25) is 0 Å². The third kappa shape index (κ3) is 9.02. The minimum absolute atomic E-state index is 0.960. The van der Waals surface area contributed by atoms with Crippen LogP contribution in [0.15, 0.2) is 0 Å². The van der Waals surface area contributed by atoms with E-state index in [4.69, 9.17) is 0 Å². The number of rotatable bonds is 0. The molecule has 0 amide bonds. The average Bonchev–Trinajstić information content (AvgIpc) is 2.29. The summed E-state index contributed by atoms with van der Waals surface area (Å²) in [7, 11) is 0. The van der Waals surface area contributed by atoms with Crippen LogP contribution in [0.25, 0.3) is 0 Å². The van der Waals surface area contributed by atoms with E-state index in [2.05, 4.69) is 32.1 Å². The first-order valence-corrected chi connectivity index (χ1v) is 6.29. The Balaban J connectivity index is 2.00. The van der Waals surface area contributed by atoms with Gasteiger partial charge >= 0.3 is 0 Å². The van der Waals surface area contributed by atoms with Crippen LogP contribution < -0.4 is 32.1 Å². The summed E-state index contributed by atoms with van der Waals surface area (Å²) in [6, 6.07) is 0. The van der Waals surface area contributed by atoms with Crippen LogP contribution in [0.3, 0.4) is 0 Å². The van der Waals surface area contributed by atoms with E-state index in [0.29, 0.717) is 0 Å². The Labute approximate surface area is 98.3 Å². The molecule has 0 radical (unpaired) electrons. The zero-order valence-corrected chi connectivity index (χ0v) is 10.1. The molecule has 1 rings (SSSR count). The Kier molecular flexibility index (Phi) is 9.72. The molecule has 0 unspecified atom stereocenters. The molecule has 96 valence electrons. The fraction of sp³-hybridized carbons (Fsp3) is 1.00. The SMILES string of the molecule is C1CNCCNCCNNCCNCCN1. The topological polar surface area (TPSA) is 72.2 Å². The van der Waals surface area contributed by atoms with Gasteiger partial charge in [-0.05, 0) is 0 Å². The predicted octanol–water partition coefficient (Wildman–Crippen LogP) is -2.55. The second-order valence-corrected chi connectivity index (χ2v) is 3.85. The van der Waals surface area contributed by atoms with E-state index in [0.717, 1.165) is 65.4 Å². The molecule has 0 atom stereocenters. The Bertz CT molecular complexity index is 79.3. The van der Waals surface area contributed by atoms with Gasteiger partial charge < -0.3 is 21.3 Å². The van der Waals surface area contributed by atoms with Crippen LogP contribution in [-0.2, 0) is 0 Å². The van der Waals surface area contributed by atoms with Gasteiger partial charge in [-0.1, -0.05) is 0 Å². The van der Waals surface area contributed by atoms with E-state index in [1.165, 1.54) is 0 Å². The minimum Gasteiger partial charge on any atom is -0.314 e. The maximum atomic E-state index is 3.39. The lowest BCUT2D eigenvalue weighted by atomic mass is 10.5. The highest BCUT2D eigenvalue weighted by atomic mass is 15.4. The van der Waals surface area contributed by atoms with Crippen LogP contribution in [0.4, 0.5) is 0 Å². The monoisotopic (exact) mass is 230 g/mol. The van der Waals surface area contributed by atoms with Crippen molar-refractivity contribution in [1.29, 1.82) is 0 Å². The Hall–Kier alpha value is -0.240. The molecule has 6 nitrogen and oxygen atoms in total. The van der Waals surface area contributed by atoms with Gasteiger partial charge in [-0.15, -0.1) is 0 Å². The molecule has 0 aromatic rings. The fourth-order valence-electron chi connectivity index (χ4n) is 1.51. The quantitative estimate of drug-likeness (QED) is 0.275. The molecule has 0 aliphatic carbocycles. The summed E-state index contributed by atoms with van der Waals surface area (Å²) in [5, 5.41) is 13.5. The summed E-state index contributed by atoms with van der Waals surface area (Å²) in [6.45, 7) is 10.1. The number of hydrogen-bond donors (Lipinski definition) is 6. The van der Waals surface area contributed by atoms with E-state index in [1.54, 1.807) is 0 Å². The molecule has 1 aliphatic heterocycles. The Morgan fingerprint density at radius 2 is 0.562 bits per heavy atom. The fourth-order valence-corrected chi connectivity index (χ4v) is 1.51. The van der Waals surface area contributed by atoms with Crippen molar-refractivity contribution in [3.63, 3.8) is 0 Å². The maximum Gasteiger partial charge on any atom is 0.0225 e. The highest BCUT2D eigenvalue weighted by Gasteiger charge is 1.92. The summed E-state index contributed by atoms with van der Waals surface area (Å²) < 4.78 is 0. The maximum absolute atomic E-state index is 3.39. The highest BCUT2D eigenvalue weighted by molar-refractivity contribution is 4.58. The summed E-state index contributed by atoms with van der Waals surface area (Å²) in [5.74, 6) is 0. The molecule has 6 heteroatoms. The lowest BCUT2D eigenvalue weighted by Gasteiger charge is -2.11. The van der Waals surface area contributed by atoms with Crippen molar-refractivity contribution in [2.75, 3.05) is 65.4 Å². The molecule has 1 heterocycles. The predicted molar refractivity (Wildman–Crippen MR) is 67.5 cm³/mol. The average molecular weight is 230 g/mol. The smallest absolute Gasteiger partial charge is 0.0225 e. The van der Waals surface area contributed by atoms with Gasteiger partial charge in [-0.3, -0.25) is 10.9 Å². The van der Waals surface area contributed by atoms with Crippen LogP contribution >= 0.6 is 0 Å². The van der Waals surface area contributed by atoms with Crippen molar-refractivity contribution in [1.82, 2.24) is 32.1 Å². The van der Waals surface area contributed by atoms with E-state index in [1.807, 2.05) is 0 Å². The van der Waals surface area contributed by atoms with Crippen LogP contribution in [-0.4, -0.2) is 65.4 Å². The summed E-state index contributed by atoms with van der Waals surface area (Å²) in [5.41, 5.74) is 6.36. The minimum atomic E-state index is 0.960. The van der Waals surface area contributed by atoms with E-state index in [9.17, 15) is 0 Å². The number of hydrazine groups is 1. The molecule has 0 saturated carbocycles. The largest absolute Gasteiger partial charge is 0.314 e. The normalized spacial score (nSPS) is 24.0. The van der Waals surface area contributed by atoms with Gasteiger partial charge in [-0.2, -0.15) is 0 Å². The van der Waals surface area contributed by atoms with Crippen molar-refractivity contribution in [3.8, 4) is 0 Å². The molecular formula is C10H26N6. The van der Waals surface area contributed by atoms with Gasteiger partial charge in [0.2, 0.25) is 0 Å². The molecule has 0 aromatic carbocycles. The van der Waals surface area contributed by atoms with Crippen LogP contribution in [0.5, 0.6) is 0 Å². The molecule has 1 saturated heterocycles. The zero-order chi connectivity index (χ0) is 11.3. The third-order valence-corrected chi connectivity index (χ3v) is 2.41. The molecule has 1 aliphatic rings. The molecule has 0 spiro atoms. The van der Waals surface area contributed by atoms with Crippen LogP contribution in [0, 0.1) is 0 Å². The zero-order valence-electron chi connectivity index (χ0n) is 10.1. The van der Waals surface area contributed by atoms with Gasteiger partial charge in [0.05, 0.1) is 0 Å². The lowest BCUT2D eigenvalue weighted by Crippen LogP contribution is -2.43.